The van der Waals surface area contributed by atoms with Crippen LogP contribution in [0.1, 0.15) is 35.7 Å². The second kappa shape index (κ2) is 6.17. The summed E-state index contributed by atoms with van der Waals surface area (Å²) in [7, 11) is 0. The van der Waals surface area contributed by atoms with Crippen molar-refractivity contribution in [3.8, 4) is 0 Å². The Morgan fingerprint density at radius 2 is 2.00 bits per heavy atom. The number of likely N-dealkylation sites (tertiary alicyclic amines) is 1. The maximum absolute atomic E-state index is 12.6. The molecule has 1 aliphatic rings. The average Bonchev–Trinajstić information content (AvgIpc) is 2.46. The van der Waals surface area contributed by atoms with Crippen LogP contribution in [0, 0.1) is 5.92 Å². The summed E-state index contributed by atoms with van der Waals surface area (Å²) in [6, 6.07) is 7.71. The Kier molecular flexibility index (Phi) is 4.56. The van der Waals surface area contributed by atoms with E-state index in [0.717, 1.165) is 30.5 Å². The van der Waals surface area contributed by atoms with Gasteiger partial charge in [-0.15, -0.1) is 0 Å². The third kappa shape index (κ3) is 2.96. The largest absolute Gasteiger partial charge is 0.334 e. The van der Waals surface area contributed by atoms with Gasteiger partial charge in [-0.1, -0.05) is 19.1 Å². The number of rotatable bonds is 3. The maximum Gasteiger partial charge on any atom is 0.254 e. The lowest BCUT2D eigenvalue weighted by molar-refractivity contribution is 0.0532. The Labute approximate surface area is 114 Å². The second-order valence-electron chi connectivity index (χ2n) is 5.32. The number of hydrogen-bond acceptors (Lipinski definition) is 3. The van der Waals surface area contributed by atoms with Crippen LogP contribution >= 0.6 is 0 Å². The van der Waals surface area contributed by atoms with Gasteiger partial charge in [0.1, 0.15) is 0 Å². The zero-order valence-electron chi connectivity index (χ0n) is 11.5. The van der Waals surface area contributed by atoms with Gasteiger partial charge < -0.3 is 16.4 Å². The Balaban J connectivity index is 2.16. The van der Waals surface area contributed by atoms with E-state index in [2.05, 4.69) is 6.92 Å². The summed E-state index contributed by atoms with van der Waals surface area (Å²) in [4.78, 5) is 14.5. The molecule has 4 heteroatoms. The number of carbonyl (C=O) groups excluding carboxylic acids is 1. The second-order valence-corrected chi connectivity index (χ2v) is 5.32. The lowest BCUT2D eigenvalue weighted by Gasteiger charge is -2.39. The van der Waals surface area contributed by atoms with Gasteiger partial charge in [-0.2, -0.15) is 0 Å². The van der Waals surface area contributed by atoms with Crippen molar-refractivity contribution in [1.82, 2.24) is 4.90 Å². The summed E-state index contributed by atoms with van der Waals surface area (Å²) >= 11 is 0. The molecule has 4 nitrogen and oxygen atoms in total. The first-order valence-electron chi connectivity index (χ1n) is 6.97. The molecule has 104 valence electrons. The van der Waals surface area contributed by atoms with Gasteiger partial charge in [0.15, 0.2) is 0 Å². The quantitative estimate of drug-likeness (QED) is 0.862. The smallest absolute Gasteiger partial charge is 0.254 e. The lowest BCUT2D eigenvalue weighted by atomic mass is 9.90. The number of amides is 1. The number of piperidine rings is 1. The number of benzene rings is 1. The van der Waals surface area contributed by atoms with Crippen molar-refractivity contribution in [2.24, 2.45) is 17.4 Å². The summed E-state index contributed by atoms with van der Waals surface area (Å²) in [5.74, 6) is 0.566. The van der Waals surface area contributed by atoms with Crippen molar-refractivity contribution in [2.75, 3.05) is 13.1 Å². The van der Waals surface area contributed by atoms with Gasteiger partial charge in [0.05, 0.1) is 0 Å². The lowest BCUT2D eigenvalue weighted by Crippen LogP contribution is -2.51. The highest BCUT2D eigenvalue weighted by atomic mass is 16.2. The van der Waals surface area contributed by atoms with E-state index in [4.69, 9.17) is 11.5 Å². The Morgan fingerprint density at radius 1 is 1.32 bits per heavy atom. The van der Waals surface area contributed by atoms with Crippen molar-refractivity contribution in [3.05, 3.63) is 35.4 Å². The van der Waals surface area contributed by atoms with Crippen LogP contribution in [0.3, 0.4) is 0 Å². The average molecular weight is 261 g/mol. The number of nitrogens with zero attached hydrogens (tertiary/aromatic N) is 1. The monoisotopic (exact) mass is 261 g/mol. The van der Waals surface area contributed by atoms with Gasteiger partial charge in [-0.25, -0.2) is 0 Å². The molecule has 0 saturated carbocycles. The summed E-state index contributed by atoms with van der Waals surface area (Å²) in [6.07, 6.45) is 2.21. The molecule has 0 spiro atoms. The first-order valence-corrected chi connectivity index (χ1v) is 6.97. The van der Waals surface area contributed by atoms with Crippen molar-refractivity contribution in [1.29, 1.82) is 0 Å². The standard InChI is InChI=1S/C15H23N3O/c1-11-3-2-8-18(14(11)10-17)15(19)13-6-4-12(9-16)5-7-13/h4-7,11,14H,2-3,8-10,16-17H2,1H3/t11-,14+/m1/s1. The fourth-order valence-electron chi connectivity index (χ4n) is 2.81. The fourth-order valence-corrected chi connectivity index (χ4v) is 2.81. The van der Waals surface area contributed by atoms with Gasteiger partial charge in [0.2, 0.25) is 0 Å². The van der Waals surface area contributed by atoms with Crippen LogP contribution in [-0.2, 0) is 6.54 Å². The zero-order valence-corrected chi connectivity index (χ0v) is 11.5. The molecule has 1 saturated heterocycles. The van der Waals surface area contributed by atoms with Gasteiger partial charge in [0, 0.05) is 31.2 Å². The van der Waals surface area contributed by atoms with Crippen molar-refractivity contribution >= 4 is 5.91 Å². The molecule has 1 heterocycles. The van der Waals surface area contributed by atoms with E-state index in [-0.39, 0.29) is 11.9 Å². The molecule has 1 aromatic carbocycles. The van der Waals surface area contributed by atoms with Crippen LogP contribution in [0.25, 0.3) is 0 Å². The topological polar surface area (TPSA) is 72.3 Å². The molecule has 19 heavy (non-hydrogen) atoms. The molecule has 0 unspecified atom stereocenters. The zero-order chi connectivity index (χ0) is 13.8. The SMILES string of the molecule is C[C@@H]1CCCN(C(=O)c2ccc(CN)cc2)[C@H]1CN. The van der Waals surface area contributed by atoms with E-state index >= 15 is 0 Å². The minimum Gasteiger partial charge on any atom is -0.334 e. The Bertz CT molecular complexity index is 430. The predicted octanol–water partition coefficient (Wildman–Crippen LogP) is 1.34. The van der Waals surface area contributed by atoms with E-state index in [1.54, 1.807) is 0 Å². The third-order valence-electron chi connectivity index (χ3n) is 4.05. The van der Waals surface area contributed by atoms with E-state index in [1.165, 1.54) is 0 Å². The van der Waals surface area contributed by atoms with E-state index in [1.807, 2.05) is 29.2 Å². The molecular formula is C15H23N3O. The molecule has 4 N–H and O–H groups in total. The van der Waals surface area contributed by atoms with Gasteiger partial charge in [0.25, 0.3) is 5.91 Å². The molecule has 1 fully saturated rings. The molecule has 0 radical (unpaired) electrons. The molecule has 2 atom stereocenters. The fraction of sp³-hybridized carbons (Fsp3) is 0.533. The summed E-state index contributed by atoms with van der Waals surface area (Å²) in [6.45, 7) is 4.02. The summed E-state index contributed by atoms with van der Waals surface area (Å²) in [5.41, 5.74) is 13.2. The first-order chi connectivity index (χ1) is 9.17. The van der Waals surface area contributed by atoms with Gasteiger partial charge >= 0.3 is 0 Å². The predicted molar refractivity (Wildman–Crippen MR) is 76.6 cm³/mol. The maximum atomic E-state index is 12.6. The highest BCUT2D eigenvalue weighted by molar-refractivity contribution is 5.94. The third-order valence-corrected chi connectivity index (χ3v) is 4.05. The van der Waals surface area contributed by atoms with Crippen LogP contribution in [-0.4, -0.2) is 29.9 Å². The van der Waals surface area contributed by atoms with Crippen molar-refractivity contribution in [3.63, 3.8) is 0 Å². The minimum atomic E-state index is 0.0885. The van der Waals surface area contributed by atoms with E-state index in [9.17, 15) is 4.79 Å². The molecule has 0 bridgehead atoms. The first kappa shape index (κ1) is 14.0. The molecule has 1 amide bonds. The number of nitrogens with two attached hydrogens (primary N) is 2. The van der Waals surface area contributed by atoms with Crippen LogP contribution in [0.2, 0.25) is 0 Å². The summed E-state index contributed by atoms with van der Waals surface area (Å²) < 4.78 is 0. The Hall–Kier alpha value is -1.39. The molecule has 0 aliphatic carbocycles. The van der Waals surface area contributed by atoms with Crippen LogP contribution in [0.4, 0.5) is 0 Å². The number of hydrogen-bond donors (Lipinski definition) is 2. The van der Waals surface area contributed by atoms with Crippen molar-refractivity contribution in [2.45, 2.75) is 32.4 Å². The molecule has 1 aliphatic heterocycles. The van der Waals surface area contributed by atoms with Crippen LogP contribution in [0.15, 0.2) is 24.3 Å². The number of carbonyl (C=O) groups is 1. The highest BCUT2D eigenvalue weighted by Gasteiger charge is 2.31. The summed E-state index contributed by atoms with van der Waals surface area (Å²) in [5, 5.41) is 0. The normalized spacial score (nSPS) is 23.4. The molecule has 1 aromatic rings. The van der Waals surface area contributed by atoms with Gasteiger partial charge in [-0.05, 0) is 36.5 Å². The van der Waals surface area contributed by atoms with Gasteiger partial charge in [-0.3, -0.25) is 4.79 Å². The van der Waals surface area contributed by atoms with Crippen LogP contribution in [0.5, 0.6) is 0 Å². The minimum absolute atomic E-state index is 0.0885. The molecule has 0 aromatic heterocycles. The van der Waals surface area contributed by atoms with Crippen molar-refractivity contribution < 1.29 is 4.79 Å². The Morgan fingerprint density at radius 3 is 2.58 bits per heavy atom. The highest BCUT2D eigenvalue weighted by Crippen LogP contribution is 2.24. The van der Waals surface area contributed by atoms with Crippen LogP contribution < -0.4 is 11.5 Å². The van der Waals surface area contributed by atoms with E-state index in [0.29, 0.717) is 19.0 Å². The molecule has 2 rings (SSSR count). The molecular weight excluding hydrogens is 238 g/mol. The van der Waals surface area contributed by atoms with E-state index < -0.39 is 0 Å².